The number of hydrogen-bond donors (Lipinski definition) is 0. The topological polar surface area (TPSA) is 72.9 Å². The minimum Gasteiger partial charge on any atom is -0.495 e. The highest BCUT2D eigenvalue weighted by Crippen LogP contribution is 2.32. The van der Waals surface area contributed by atoms with Crippen molar-refractivity contribution >= 4 is 33.2 Å². The predicted molar refractivity (Wildman–Crippen MR) is 116 cm³/mol. The van der Waals surface area contributed by atoms with Crippen LogP contribution in [0, 0.1) is 6.92 Å². The quantitative estimate of drug-likeness (QED) is 0.537. The summed E-state index contributed by atoms with van der Waals surface area (Å²) in [7, 11) is -2.75. The van der Waals surface area contributed by atoms with Crippen LogP contribution in [0.5, 0.6) is 11.5 Å². The first kappa shape index (κ1) is 21.7. The maximum atomic E-state index is 13.3. The fourth-order valence-electron chi connectivity index (χ4n) is 2.73. The molecular weight excluding hydrogens is 426 g/mol. The molecule has 0 spiro atoms. The number of ether oxygens (including phenoxy) is 2. The van der Waals surface area contributed by atoms with Crippen LogP contribution in [0.15, 0.2) is 77.7 Å². The fraction of sp³-hybridized carbons (Fsp3) is 0.136. The second-order valence-electron chi connectivity index (χ2n) is 6.40. The number of sulfonamides is 1. The molecule has 0 aliphatic rings. The lowest BCUT2D eigenvalue weighted by Gasteiger charge is -2.23. The van der Waals surface area contributed by atoms with Crippen molar-refractivity contribution in [2.24, 2.45) is 0 Å². The molecule has 0 N–H and O–H groups in total. The van der Waals surface area contributed by atoms with E-state index in [0.717, 1.165) is 5.56 Å². The van der Waals surface area contributed by atoms with Crippen LogP contribution in [0.1, 0.15) is 5.56 Å². The Morgan fingerprint density at radius 3 is 2.27 bits per heavy atom. The third-order valence-corrected chi connectivity index (χ3v) is 6.32. The van der Waals surface area contributed by atoms with Crippen LogP contribution in [0.2, 0.25) is 5.02 Å². The third kappa shape index (κ3) is 4.75. The summed E-state index contributed by atoms with van der Waals surface area (Å²) in [6, 6.07) is 19.1. The number of aryl methyl sites for hydroxylation is 1. The van der Waals surface area contributed by atoms with Crippen LogP contribution in [0.3, 0.4) is 0 Å². The summed E-state index contributed by atoms with van der Waals surface area (Å²) in [5.74, 6) is 0.0558. The number of anilines is 1. The average molecular weight is 446 g/mol. The molecule has 3 aromatic rings. The molecule has 0 saturated carbocycles. The number of rotatable bonds is 7. The van der Waals surface area contributed by atoms with Gasteiger partial charge in [-0.15, -0.1) is 0 Å². The van der Waals surface area contributed by atoms with Crippen molar-refractivity contribution < 1.29 is 22.7 Å². The first-order valence-electron chi connectivity index (χ1n) is 8.99. The molecule has 1 amide bonds. The van der Waals surface area contributed by atoms with Crippen molar-refractivity contribution in [3.63, 3.8) is 0 Å². The normalized spacial score (nSPS) is 11.0. The van der Waals surface area contributed by atoms with Gasteiger partial charge >= 0.3 is 0 Å². The molecule has 0 fully saturated rings. The molecule has 3 rings (SSSR count). The molecule has 0 aromatic heterocycles. The van der Waals surface area contributed by atoms with Crippen molar-refractivity contribution in [2.45, 2.75) is 11.8 Å². The number of carbonyl (C=O) groups excluding carboxylic acids is 1. The maximum Gasteiger partial charge on any atom is 0.278 e. The number of amides is 1. The molecule has 0 radical (unpaired) electrons. The van der Waals surface area contributed by atoms with Crippen molar-refractivity contribution in [1.29, 1.82) is 0 Å². The van der Waals surface area contributed by atoms with Gasteiger partial charge in [0.15, 0.2) is 6.61 Å². The molecule has 0 aliphatic heterocycles. The van der Waals surface area contributed by atoms with Gasteiger partial charge in [0.25, 0.3) is 15.9 Å². The first-order valence-corrected chi connectivity index (χ1v) is 10.8. The van der Waals surface area contributed by atoms with Gasteiger partial charge in [-0.1, -0.05) is 47.5 Å². The number of methoxy groups -OCH3 is 1. The average Bonchev–Trinajstić information content (AvgIpc) is 2.74. The number of nitrogens with zero attached hydrogens (tertiary/aromatic N) is 1. The van der Waals surface area contributed by atoms with Crippen LogP contribution < -0.4 is 13.8 Å². The summed E-state index contributed by atoms with van der Waals surface area (Å²) >= 11 is 6.17. The highest BCUT2D eigenvalue weighted by molar-refractivity contribution is 7.93. The molecule has 6 nitrogen and oxygen atoms in total. The zero-order valence-corrected chi connectivity index (χ0v) is 18.0. The molecule has 156 valence electrons. The molecule has 0 aliphatic carbocycles. The van der Waals surface area contributed by atoms with E-state index in [0.29, 0.717) is 15.8 Å². The van der Waals surface area contributed by atoms with E-state index in [2.05, 4.69) is 0 Å². The van der Waals surface area contributed by atoms with Gasteiger partial charge < -0.3 is 9.47 Å². The lowest BCUT2D eigenvalue weighted by molar-refractivity contribution is -0.119. The molecule has 0 unspecified atom stereocenters. The van der Waals surface area contributed by atoms with Crippen LogP contribution in [0.25, 0.3) is 0 Å². The standard InChI is InChI=1S/C22H20ClNO5S/c1-16-8-11-18(12-9-16)29-15-22(25)24(17-10-13-21(28-2)20(23)14-17)30(26,27)19-6-4-3-5-7-19/h3-14H,15H2,1-2H3. The van der Waals surface area contributed by atoms with E-state index in [1.807, 2.05) is 19.1 Å². The van der Waals surface area contributed by atoms with Gasteiger partial charge in [0, 0.05) is 0 Å². The van der Waals surface area contributed by atoms with E-state index in [-0.39, 0.29) is 15.6 Å². The molecular formula is C22H20ClNO5S. The Kier molecular flexibility index (Phi) is 6.64. The Labute approximate surface area is 180 Å². The van der Waals surface area contributed by atoms with Gasteiger partial charge in [-0.25, -0.2) is 8.42 Å². The van der Waals surface area contributed by atoms with E-state index in [1.54, 1.807) is 30.3 Å². The Morgan fingerprint density at radius 1 is 1.00 bits per heavy atom. The summed E-state index contributed by atoms with van der Waals surface area (Å²) in [5, 5.41) is 0.176. The summed E-state index contributed by atoms with van der Waals surface area (Å²) in [5.41, 5.74) is 1.12. The Bertz CT molecular complexity index is 1130. The van der Waals surface area contributed by atoms with E-state index in [9.17, 15) is 13.2 Å². The zero-order chi connectivity index (χ0) is 21.7. The molecule has 0 saturated heterocycles. The maximum absolute atomic E-state index is 13.3. The molecule has 30 heavy (non-hydrogen) atoms. The van der Waals surface area contributed by atoms with E-state index in [4.69, 9.17) is 21.1 Å². The van der Waals surface area contributed by atoms with E-state index >= 15 is 0 Å². The SMILES string of the molecule is COc1ccc(N(C(=O)COc2ccc(C)cc2)S(=O)(=O)c2ccccc2)cc1Cl. The van der Waals surface area contributed by atoms with Gasteiger partial charge in [0.1, 0.15) is 11.5 Å². The van der Waals surface area contributed by atoms with Crippen molar-refractivity contribution in [1.82, 2.24) is 0 Å². The number of carbonyl (C=O) groups is 1. The summed E-state index contributed by atoms with van der Waals surface area (Å²) < 4.78 is 37.9. The van der Waals surface area contributed by atoms with Gasteiger partial charge in [-0.05, 0) is 49.4 Å². The number of hydrogen-bond acceptors (Lipinski definition) is 5. The van der Waals surface area contributed by atoms with Gasteiger partial charge in [0.2, 0.25) is 0 Å². The molecule has 0 bridgehead atoms. The molecule has 8 heteroatoms. The smallest absolute Gasteiger partial charge is 0.278 e. The van der Waals surface area contributed by atoms with Gasteiger partial charge in [0.05, 0.1) is 22.7 Å². The zero-order valence-electron chi connectivity index (χ0n) is 16.4. The predicted octanol–water partition coefficient (Wildman–Crippen LogP) is 4.46. The minimum atomic E-state index is -4.20. The van der Waals surface area contributed by atoms with Crippen molar-refractivity contribution in [3.8, 4) is 11.5 Å². The fourth-order valence-corrected chi connectivity index (χ4v) is 4.41. The van der Waals surface area contributed by atoms with Crippen LogP contribution in [0.4, 0.5) is 5.69 Å². The van der Waals surface area contributed by atoms with Crippen LogP contribution in [-0.2, 0) is 14.8 Å². The molecule has 0 atom stereocenters. The Hall–Kier alpha value is -3.03. The number of benzene rings is 3. The monoisotopic (exact) mass is 445 g/mol. The highest BCUT2D eigenvalue weighted by Gasteiger charge is 2.31. The van der Waals surface area contributed by atoms with Crippen molar-refractivity contribution in [2.75, 3.05) is 18.0 Å². The second-order valence-corrected chi connectivity index (χ2v) is 8.59. The van der Waals surface area contributed by atoms with Gasteiger partial charge in [-0.3, -0.25) is 4.79 Å². The Morgan fingerprint density at radius 2 is 1.67 bits per heavy atom. The molecule has 0 heterocycles. The first-order chi connectivity index (χ1) is 14.3. The summed E-state index contributed by atoms with van der Waals surface area (Å²) in [6.45, 7) is 1.45. The lowest BCUT2D eigenvalue weighted by Crippen LogP contribution is -2.40. The highest BCUT2D eigenvalue weighted by atomic mass is 35.5. The summed E-state index contributed by atoms with van der Waals surface area (Å²) in [6.07, 6.45) is 0. The number of halogens is 1. The molecule has 3 aromatic carbocycles. The van der Waals surface area contributed by atoms with E-state index in [1.165, 1.54) is 37.4 Å². The van der Waals surface area contributed by atoms with Gasteiger partial charge in [-0.2, -0.15) is 4.31 Å². The summed E-state index contributed by atoms with van der Waals surface area (Å²) in [4.78, 5) is 13.0. The lowest BCUT2D eigenvalue weighted by atomic mass is 10.2. The van der Waals surface area contributed by atoms with Crippen molar-refractivity contribution in [3.05, 3.63) is 83.4 Å². The van der Waals surface area contributed by atoms with Crippen LogP contribution in [-0.4, -0.2) is 28.0 Å². The Balaban J connectivity index is 1.97. The van der Waals surface area contributed by atoms with E-state index < -0.39 is 22.5 Å². The largest absolute Gasteiger partial charge is 0.495 e. The minimum absolute atomic E-state index is 0.0272. The second kappa shape index (κ2) is 9.19. The third-order valence-electron chi connectivity index (χ3n) is 4.26. The van der Waals surface area contributed by atoms with Crippen LogP contribution >= 0.6 is 11.6 Å².